The molecule has 0 aromatic heterocycles. The summed E-state index contributed by atoms with van der Waals surface area (Å²) in [5.74, 6) is 0.426. The first-order chi connectivity index (χ1) is 16.5. The van der Waals surface area contributed by atoms with Gasteiger partial charge in [0.2, 0.25) is 12.7 Å². The number of aliphatic imine (C=N–C) groups is 1. The van der Waals surface area contributed by atoms with Crippen LogP contribution in [-0.2, 0) is 14.3 Å². The molecule has 2 heterocycles. The van der Waals surface area contributed by atoms with E-state index in [4.69, 9.17) is 18.9 Å². The molecular formula is C26H16BrNO6. The van der Waals surface area contributed by atoms with Crippen molar-refractivity contribution in [3.05, 3.63) is 99.7 Å². The molecule has 168 valence electrons. The molecule has 0 atom stereocenters. The van der Waals surface area contributed by atoms with Crippen LogP contribution in [0.25, 0.3) is 12.2 Å². The lowest BCUT2D eigenvalue weighted by atomic mass is 10.1. The van der Waals surface area contributed by atoms with Gasteiger partial charge < -0.3 is 18.9 Å². The van der Waals surface area contributed by atoms with E-state index in [1.54, 1.807) is 42.5 Å². The van der Waals surface area contributed by atoms with E-state index in [-0.39, 0.29) is 24.1 Å². The van der Waals surface area contributed by atoms with Crippen molar-refractivity contribution in [1.82, 2.24) is 0 Å². The van der Waals surface area contributed by atoms with Crippen LogP contribution < -0.4 is 14.2 Å². The highest BCUT2D eigenvalue weighted by Crippen LogP contribution is 2.34. The van der Waals surface area contributed by atoms with Crippen molar-refractivity contribution < 1.29 is 28.5 Å². The van der Waals surface area contributed by atoms with Crippen LogP contribution >= 0.6 is 15.9 Å². The number of benzene rings is 3. The Morgan fingerprint density at radius 1 is 1.00 bits per heavy atom. The molecule has 0 saturated heterocycles. The summed E-state index contributed by atoms with van der Waals surface area (Å²) in [6, 6.07) is 19.6. The third kappa shape index (κ3) is 4.77. The fraction of sp³-hybridized carbons (Fsp3) is 0.0385. The van der Waals surface area contributed by atoms with E-state index in [2.05, 4.69) is 20.9 Å². The zero-order valence-electron chi connectivity index (χ0n) is 17.6. The molecule has 0 aliphatic carbocycles. The summed E-state index contributed by atoms with van der Waals surface area (Å²) >= 11 is 3.40. The third-order valence-electron chi connectivity index (χ3n) is 4.93. The van der Waals surface area contributed by atoms with Crippen molar-refractivity contribution in [3.8, 4) is 17.2 Å². The second-order valence-corrected chi connectivity index (χ2v) is 8.17. The van der Waals surface area contributed by atoms with E-state index < -0.39 is 11.9 Å². The summed E-state index contributed by atoms with van der Waals surface area (Å²) in [4.78, 5) is 29.2. The molecule has 7 nitrogen and oxygen atoms in total. The number of rotatable bonds is 5. The molecule has 34 heavy (non-hydrogen) atoms. The highest BCUT2D eigenvalue weighted by molar-refractivity contribution is 9.10. The Morgan fingerprint density at radius 3 is 2.68 bits per heavy atom. The van der Waals surface area contributed by atoms with Crippen LogP contribution in [0.3, 0.4) is 0 Å². The first-order valence-electron chi connectivity index (χ1n) is 10.2. The van der Waals surface area contributed by atoms with Gasteiger partial charge in [-0.2, -0.15) is 0 Å². The quantitative estimate of drug-likeness (QED) is 0.264. The van der Waals surface area contributed by atoms with E-state index in [0.29, 0.717) is 22.6 Å². The topological polar surface area (TPSA) is 83.4 Å². The molecule has 0 amide bonds. The van der Waals surface area contributed by atoms with E-state index in [1.807, 2.05) is 30.3 Å². The normalized spacial score (nSPS) is 15.5. The van der Waals surface area contributed by atoms with Crippen LogP contribution in [0, 0.1) is 0 Å². The van der Waals surface area contributed by atoms with Gasteiger partial charge in [-0.3, -0.25) is 0 Å². The highest BCUT2D eigenvalue weighted by Gasteiger charge is 2.26. The first-order valence-corrected chi connectivity index (χ1v) is 11.0. The monoisotopic (exact) mass is 517 g/mol. The Balaban J connectivity index is 1.39. The number of fused-ring (bicyclic) bond motifs is 1. The van der Waals surface area contributed by atoms with E-state index >= 15 is 0 Å². The fourth-order valence-electron chi connectivity index (χ4n) is 3.31. The first kappa shape index (κ1) is 21.7. The Labute approximate surface area is 203 Å². The number of cyclic esters (lactones) is 1. The maximum atomic E-state index is 12.5. The van der Waals surface area contributed by atoms with Gasteiger partial charge in [0.1, 0.15) is 5.75 Å². The van der Waals surface area contributed by atoms with Crippen LogP contribution in [0.5, 0.6) is 17.2 Å². The van der Waals surface area contributed by atoms with Crippen molar-refractivity contribution in [2.75, 3.05) is 6.79 Å². The van der Waals surface area contributed by atoms with Crippen molar-refractivity contribution in [2.45, 2.75) is 0 Å². The zero-order valence-corrected chi connectivity index (χ0v) is 19.2. The molecule has 0 saturated carbocycles. The Hall–Kier alpha value is -4.17. The maximum absolute atomic E-state index is 12.5. The molecular weight excluding hydrogens is 502 g/mol. The molecule has 8 heteroatoms. The Bertz CT molecular complexity index is 1380. The van der Waals surface area contributed by atoms with Crippen molar-refractivity contribution in [3.63, 3.8) is 0 Å². The van der Waals surface area contributed by atoms with E-state index in [0.717, 1.165) is 10.0 Å². The molecule has 0 spiro atoms. The van der Waals surface area contributed by atoms with Crippen LogP contribution in [0.2, 0.25) is 0 Å². The van der Waals surface area contributed by atoms with Gasteiger partial charge in [0, 0.05) is 21.7 Å². The standard InChI is InChI=1S/C26H16BrNO6/c27-19-8-10-21(33-24(29)11-6-16-4-2-1-3-5-16)18(12-19)13-20-26(30)34-25(28-20)17-7-9-22-23(14-17)32-15-31-22/h1-14H,15H2/b11-6+,20-13+. The van der Waals surface area contributed by atoms with Gasteiger partial charge in [0.25, 0.3) is 0 Å². The van der Waals surface area contributed by atoms with Gasteiger partial charge in [-0.15, -0.1) is 0 Å². The zero-order chi connectivity index (χ0) is 23.5. The minimum Gasteiger partial charge on any atom is -0.454 e. The maximum Gasteiger partial charge on any atom is 0.363 e. The molecule has 3 aromatic carbocycles. The number of ether oxygens (including phenoxy) is 4. The molecule has 2 aliphatic heterocycles. The predicted octanol–water partition coefficient (Wildman–Crippen LogP) is 5.14. The second-order valence-electron chi connectivity index (χ2n) is 7.25. The second kappa shape index (κ2) is 9.36. The number of nitrogens with zero attached hydrogens (tertiary/aromatic N) is 1. The Kier molecular flexibility index (Phi) is 5.97. The average molecular weight is 518 g/mol. The lowest BCUT2D eigenvalue weighted by molar-refractivity contribution is -0.130. The molecule has 0 bridgehead atoms. The lowest BCUT2D eigenvalue weighted by Gasteiger charge is -2.06. The van der Waals surface area contributed by atoms with Gasteiger partial charge in [0.15, 0.2) is 17.2 Å². The average Bonchev–Trinajstić information content (AvgIpc) is 3.46. The Morgan fingerprint density at radius 2 is 1.82 bits per heavy atom. The van der Waals surface area contributed by atoms with E-state index in [9.17, 15) is 9.59 Å². The van der Waals surface area contributed by atoms with Crippen molar-refractivity contribution in [1.29, 1.82) is 0 Å². The summed E-state index contributed by atoms with van der Waals surface area (Å²) in [6.07, 6.45) is 4.51. The predicted molar refractivity (Wildman–Crippen MR) is 128 cm³/mol. The summed E-state index contributed by atoms with van der Waals surface area (Å²) in [7, 11) is 0. The highest BCUT2D eigenvalue weighted by atomic mass is 79.9. The molecule has 0 N–H and O–H groups in total. The van der Waals surface area contributed by atoms with Gasteiger partial charge >= 0.3 is 11.9 Å². The van der Waals surface area contributed by atoms with Gasteiger partial charge in [-0.25, -0.2) is 14.6 Å². The van der Waals surface area contributed by atoms with Crippen molar-refractivity contribution in [2.24, 2.45) is 4.99 Å². The number of hydrogen-bond donors (Lipinski definition) is 0. The number of carbonyl (C=O) groups excluding carboxylic acids is 2. The molecule has 3 aromatic rings. The van der Waals surface area contributed by atoms with Gasteiger partial charge in [-0.05, 0) is 54.1 Å². The number of esters is 2. The summed E-state index contributed by atoms with van der Waals surface area (Å²) in [6.45, 7) is 0.140. The molecule has 5 rings (SSSR count). The minimum absolute atomic E-state index is 0.0721. The smallest absolute Gasteiger partial charge is 0.363 e. The lowest BCUT2D eigenvalue weighted by Crippen LogP contribution is -2.06. The number of carbonyl (C=O) groups is 2. The van der Waals surface area contributed by atoms with Crippen LogP contribution in [0.1, 0.15) is 16.7 Å². The molecule has 0 unspecified atom stereocenters. The van der Waals surface area contributed by atoms with Crippen molar-refractivity contribution >= 4 is 45.9 Å². The largest absolute Gasteiger partial charge is 0.454 e. The molecule has 0 fully saturated rings. The molecule has 0 radical (unpaired) electrons. The van der Waals surface area contributed by atoms with Gasteiger partial charge in [0.05, 0.1) is 0 Å². The fourth-order valence-corrected chi connectivity index (χ4v) is 3.68. The third-order valence-corrected chi connectivity index (χ3v) is 5.42. The summed E-state index contributed by atoms with van der Waals surface area (Å²) < 4.78 is 22.3. The van der Waals surface area contributed by atoms with Crippen LogP contribution in [0.4, 0.5) is 0 Å². The number of hydrogen-bond acceptors (Lipinski definition) is 7. The SMILES string of the molecule is O=C(/C=C/c1ccccc1)Oc1ccc(Br)cc1/C=C1/N=C(c2ccc3c(c2)OCO3)OC1=O. The number of halogens is 1. The van der Waals surface area contributed by atoms with Crippen LogP contribution in [-0.4, -0.2) is 24.6 Å². The minimum atomic E-state index is -0.617. The molecule has 2 aliphatic rings. The van der Waals surface area contributed by atoms with E-state index in [1.165, 1.54) is 12.2 Å². The van der Waals surface area contributed by atoms with Gasteiger partial charge in [-0.1, -0.05) is 46.3 Å². The van der Waals surface area contributed by atoms with Crippen LogP contribution in [0.15, 0.2) is 88.0 Å². The summed E-state index contributed by atoms with van der Waals surface area (Å²) in [5, 5.41) is 0. The summed E-state index contributed by atoms with van der Waals surface area (Å²) in [5.41, 5.74) is 2.01.